The number of aliphatic hydroxyl groups is 1. The second-order valence-electron chi connectivity index (χ2n) is 4.63. The van der Waals surface area contributed by atoms with E-state index >= 15 is 0 Å². The van der Waals surface area contributed by atoms with Gasteiger partial charge in [-0.1, -0.05) is 6.07 Å². The van der Waals surface area contributed by atoms with Crippen LogP contribution in [0.2, 0.25) is 0 Å². The molecule has 0 saturated carbocycles. The van der Waals surface area contributed by atoms with E-state index in [4.69, 9.17) is 9.84 Å². The number of nitrogens with zero attached hydrogens (tertiary/aromatic N) is 1. The summed E-state index contributed by atoms with van der Waals surface area (Å²) in [5.74, 6) is -2.05. The minimum absolute atomic E-state index is 0.0713. The summed E-state index contributed by atoms with van der Waals surface area (Å²) < 4.78 is 32.0. The van der Waals surface area contributed by atoms with E-state index in [9.17, 15) is 18.7 Å². The zero-order valence-electron chi connectivity index (χ0n) is 10.6. The normalized spacial score (nSPS) is 22.9. The molecular weight excluding hydrogens is 272 g/mol. The van der Waals surface area contributed by atoms with Crippen LogP contribution < -0.4 is 5.11 Å². The van der Waals surface area contributed by atoms with Crippen molar-refractivity contribution in [3.8, 4) is 0 Å². The number of halogens is 2. The highest BCUT2D eigenvalue weighted by Crippen LogP contribution is 2.33. The van der Waals surface area contributed by atoms with Gasteiger partial charge in [-0.05, 0) is 17.7 Å². The van der Waals surface area contributed by atoms with E-state index in [0.29, 0.717) is 0 Å². The highest BCUT2D eigenvalue weighted by atomic mass is 19.2. The number of morpholine rings is 1. The number of ether oxygens (including phenoxy) is 1. The Morgan fingerprint density at radius 1 is 1.45 bits per heavy atom. The molecule has 2 rings (SSSR count). The molecule has 0 radical (unpaired) electrons. The Morgan fingerprint density at radius 3 is 2.80 bits per heavy atom. The molecule has 110 valence electrons. The standard InChI is InChI=1S/C13H15F2NO4/c14-10-2-1-9(7-11(10)15)13(3-5-17)8-16(12(18)19)4-6-20-13/h1-2,7,17H,3-6,8H2,(H,18,19)/p-1. The van der Waals surface area contributed by atoms with Crippen molar-refractivity contribution in [2.45, 2.75) is 12.0 Å². The van der Waals surface area contributed by atoms with Crippen molar-refractivity contribution in [2.24, 2.45) is 0 Å². The number of carboxylic acid groups (broad SMARTS) is 1. The average Bonchev–Trinajstić information content (AvgIpc) is 2.42. The SMILES string of the molecule is O=C([O-])N1CCOC(CCO)(c2ccc(F)c(F)c2)C1. The van der Waals surface area contributed by atoms with Gasteiger partial charge in [-0.3, -0.25) is 0 Å². The predicted octanol–water partition coefficient (Wildman–Crippen LogP) is 0.218. The van der Waals surface area contributed by atoms with Gasteiger partial charge >= 0.3 is 0 Å². The largest absolute Gasteiger partial charge is 0.530 e. The van der Waals surface area contributed by atoms with E-state index in [1.165, 1.54) is 6.07 Å². The maximum Gasteiger partial charge on any atom is 0.159 e. The Morgan fingerprint density at radius 2 is 2.20 bits per heavy atom. The molecule has 1 N–H and O–H groups in total. The Kier molecular flexibility index (Phi) is 4.20. The molecule has 1 atom stereocenters. The van der Waals surface area contributed by atoms with Crippen molar-refractivity contribution < 1.29 is 28.5 Å². The molecule has 1 fully saturated rings. The Bertz CT molecular complexity index is 507. The summed E-state index contributed by atoms with van der Waals surface area (Å²) in [7, 11) is 0. The minimum atomic E-state index is -1.36. The summed E-state index contributed by atoms with van der Waals surface area (Å²) in [5.41, 5.74) is -0.905. The van der Waals surface area contributed by atoms with Gasteiger partial charge in [-0.25, -0.2) is 8.78 Å². The third kappa shape index (κ3) is 2.73. The summed E-state index contributed by atoms with van der Waals surface area (Å²) >= 11 is 0. The molecule has 1 aliphatic heterocycles. The van der Waals surface area contributed by atoms with Crippen LogP contribution in [0.25, 0.3) is 0 Å². The van der Waals surface area contributed by atoms with Crippen LogP contribution in [-0.4, -0.2) is 42.4 Å². The van der Waals surface area contributed by atoms with Crippen LogP contribution in [0.3, 0.4) is 0 Å². The molecule has 1 heterocycles. The van der Waals surface area contributed by atoms with Crippen molar-refractivity contribution in [1.29, 1.82) is 0 Å². The van der Waals surface area contributed by atoms with E-state index in [1.807, 2.05) is 0 Å². The number of amides is 1. The fraction of sp³-hybridized carbons (Fsp3) is 0.462. The number of hydrogen-bond donors (Lipinski definition) is 1. The minimum Gasteiger partial charge on any atom is -0.530 e. The maximum absolute atomic E-state index is 13.4. The van der Waals surface area contributed by atoms with Crippen molar-refractivity contribution in [3.63, 3.8) is 0 Å². The van der Waals surface area contributed by atoms with Crippen LogP contribution in [0.5, 0.6) is 0 Å². The number of hydrogen-bond acceptors (Lipinski definition) is 4. The summed E-state index contributed by atoms with van der Waals surface area (Å²) in [4.78, 5) is 12.0. The first-order valence-electron chi connectivity index (χ1n) is 6.15. The third-order valence-electron chi connectivity index (χ3n) is 3.41. The van der Waals surface area contributed by atoms with Crippen molar-refractivity contribution >= 4 is 6.09 Å². The highest BCUT2D eigenvalue weighted by molar-refractivity contribution is 5.62. The second-order valence-corrected chi connectivity index (χ2v) is 4.63. The Labute approximate surface area is 114 Å². The fourth-order valence-corrected chi connectivity index (χ4v) is 2.37. The van der Waals surface area contributed by atoms with Gasteiger partial charge in [0.1, 0.15) is 11.7 Å². The number of benzene rings is 1. The first-order chi connectivity index (χ1) is 9.48. The molecule has 5 nitrogen and oxygen atoms in total. The van der Waals surface area contributed by atoms with Gasteiger partial charge in [0.25, 0.3) is 0 Å². The number of rotatable bonds is 3. The quantitative estimate of drug-likeness (QED) is 0.862. The molecule has 1 amide bonds. The summed E-state index contributed by atoms with van der Waals surface area (Å²) in [6.07, 6.45) is -1.29. The van der Waals surface area contributed by atoms with Gasteiger partial charge in [0.2, 0.25) is 0 Å². The van der Waals surface area contributed by atoms with Gasteiger partial charge in [0.05, 0.1) is 13.2 Å². The number of carbonyl (C=O) groups is 1. The van der Waals surface area contributed by atoms with E-state index in [1.54, 1.807) is 0 Å². The van der Waals surface area contributed by atoms with Crippen LogP contribution in [0, 0.1) is 11.6 Å². The molecule has 1 saturated heterocycles. The molecule has 1 unspecified atom stereocenters. The topological polar surface area (TPSA) is 72.8 Å². The number of aliphatic hydroxyl groups excluding tert-OH is 1. The molecule has 1 aromatic rings. The molecule has 0 bridgehead atoms. The molecule has 7 heteroatoms. The number of carbonyl (C=O) groups excluding carboxylic acids is 1. The zero-order valence-corrected chi connectivity index (χ0v) is 10.6. The van der Waals surface area contributed by atoms with Gasteiger partial charge in [-0.2, -0.15) is 0 Å². The maximum atomic E-state index is 13.4. The fourth-order valence-electron chi connectivity index (χ4n) is 2.37. The molecule has 1 aliphatic rings. The summed E-state index contributed by atoms with van der Waals surface area (Å²) in [6, 6.07) is 3.24. The van der Waals surface area contributed by atoms with Crippen LogP contribution in [0.1, 0.15) is 12.0 Å². The first-order valence-corrected chi connectivity index (χ1v) is 6.15. The van der Waals surface area contributed by atoms with E-state index in [0.717, 1.165) is 17.0 Å². The molecular formula is C13H14F2NO4-. The monoisotopic (exact) mass is 286 g/mol. The molecule has 0 spiro atoms. The van der Waals surface area contributed by atoms with Crippen LogP contribution in [-0.2, 0) is 10.3 Å². The average molecular weight is 286 g/mol. The van der Waals surface area contributed by atoms with Gasteiger partial charge in [-0.15, -0.1) is 0 Å². The highest BCUT2D eigenvalue weighted by Gasteiger charge is 2.38. The van der Waals surface area contributed by atoms with Crippen molar-refractivity contribution in [1.82, 2.24) is 4.90 Å². The summed E-state index contributed by atoms with van der Waals surface area (Å²) in [5, 5.41) is 20.1. The van der Waals surface area contributed by atoms with Gasteiger partial charge < -0.3 is 24.6 Å². The predicted molar refractivity (Wildman–Crippen MR) is 62.7 cm³/mol. The lowest BCUT2D eigenvalue weighted by Gasteiger charge is -2.44. The third-order valence-corrected chi connectivity index (χ3v) is 3.41. The van der Waals surface area contributed by atoms with E-state index in [2.05, 4.69) is 0 Å². The second kappa shape index (κ2) is 5.72. The first kappa shape index (κ1) is 14.7. The lowest BCUT2D eigenvalue weighted by molar-refractivity contribution is -0.274. The van der Waals surface area contributed by atoms with Crippen LogP contribution in [0.4, 0.5) is 13.6 Å². The van der Waals surface area contributed by atoms with Crippen molar-refractivity contribution in [2.75, 3.05) is 26.3 Å². The lowest BCUT2D eigenvalue weighted by Crippen LogP contribution is -2.55. The van der Waals surface area contributed by atoms with E-state index in [-0.39, 0.29) is 38.3 Å². The smallest absolute Gasteiger partial charge is 0.159 e. The summed E-state index contributed by atoms with van der Waals surface area (Å²) in [6.45, 7) is -0.146. The molecule has 20 heavy (non-hydrogen) atoms. The Hall–Kier alpha value is -1.73. The lowest BCUT2D eigenvalue weighted by atomic mass is 9.88. The molecule has 1 aromatic carbocycles. The van der Waals surface area contributed by atoms with E-state index < -0.39 is 23.3 Å². The van der Waals surface area contributed by atoms with Crippen LogP contribution in [0.15, 0.2) is 18.2 Å². The van der Waals surface area contributed by atoms with Gasteiger partial charge in [0.15, 0.2) is 11.6 Å². The molecule has 0 aromatic heterocycles. The van der Waals surface area contributed by atoms with Gasteiger partial charge in [0, 0.05) is 19.6 Å². The zero-order chi connectivity index (χ0) is 14.8. The van der Waals surface area contributed by atoms with Crippen molar-refractivity contribution in [3.05, 3.63) is 35.4 Å². The molecule has 0 aliphatic carbocycles. The Balaban J connectivity index is 2.37. The van der Waals surface area contributed by atoms with Crippen LogP contribution >= 0.6 is 0 Å².